The van der Waals surface area contributed by atoms with Crippen LogP contribution in [0.4, 0.5) is 0 Å². The lowest BCUT2D eigenvalue weighted by Gasteiger charge is -2.16. The fourth-order valence-electron chi connectivity index (χ4n) is 2.02. The minimum atomic E-state index is 0.863. The summed E-state index contributed by atoms with van der Waals surface area (Å²) in [6, 6.07) is 0.863. The molecule has 0 aliphatic heterocycles. The summed E-state index contributed by atoms with van der Waals surface area (Å²) in [6.07, 6.45) is 11.2. The van der Waals surface area contributed by atoms with Crippen LogP contribution in [0, 0.1) is 0 Å². The molecule has 1 saturated carbocycles. The Morgan fingerprint density at radius 2 is 1.69 bits per heavy atom. The molecule has 16 heavy (non-hydrogen) atoms. The molecule has 1 rings (SSSR count). The first kappa shape index (κ1) is 14.0. The van der Waals surface area contributed by atoms with Gasteiger partial charge in [-0.2, -0.15) is 0 Å². The Kier molecular flexibility index (Phi) is 7.87. The summed E-state index contributed by atoms with van der Waals surface area (Å²) in [7, 11) is 2.25. The van der Waals surface area contributed by atoms with Crippen LogP contribution in [0.25, 0.3) is 0 Å². The molecule has 0 saturated heterocycles. The topological polar surface area (TPSA) is 15.3 Å². The Balaban J connectivity index is 1.76. The third-order valence-corrected chi connectivity index (χ3v) is 3.40. The van der Waals surface area contributed by atoms with Crippen molar-refractivity contribution in [1.29, 1.82) is 0 Å². The smallest absolute Gasteiger partial charge is 0.0104 e. The largest absolute Gasteiger partial charge is 0.313 e. The number of likely N-dealkylation sites (N-methyl/N-ethyl adjacent to an activating group) is 1. The van der Waals surface area contributed by atoms with E-state index in [1.165, 1.54) is 71.0 Å². The molecular formula is C14H30N2. The van der Waals surface area contributed by atoms with Gasteiger partial charge in [0.05, 0.1) is 0 Å². The van der Waals surface area contributed by atoms with Crippen LogP contribution in [0.2, 0.25) is 0 Å². The van der Waals surface area contributed by atoms with Crippen molar-refractivity contribution < 1.29 is 0 Å². The van der Waals surface area contributed by atoms with Gasteiger partial charge in [0.15, 0.2) is 0 Å². The van der Waals surface area contributed by atoms with Gasteiger partial charge in [-0.25, -0.2) is 0 Å². The van der Waals surface area contributed by atoms with Crippen molar-refractivity contribution in [3.63, 3.8) is 0 Å². The molecule has 0 amide bonds. The molecule has 2 nitrogen and oxygen atoms in total. The van der Waals surface area contributed by atoms with Crippen LogP contribution in [0.3, 0.4) is 0 Å². The number of hydrogen-bond donors (Lipinski definition) is 1. The molecule has 1 N–H and O–H groups in total. The summed E-state index contributed by atoms with van der Waals surface area (Å²) in [4.78, 5) is 2.47. The Labute approximate surface area is 102 Å². The number of unbranched alkanes of at least 4 members (excludes halogenated alkanes) is 5. The van der Waals surface area contributed by atoms with E-state index in [0.29, 0.717) is 0 Å². The van der Waals surface area contributed by atoms with E-state index in [2.05, 4.69) is 24.2 Å². The molecule has 1 aliphatic carbocycles. The lowest BCUT2D eigenvalue weighted by Crippen LogP contribution is -2.30. The Morgan fingerprint density at radius 1 is 1.00 bits per heavy atom. The van der Waals surface area contributed by atoms with E-state index in [4.69, 9.17) is 0 Å². The van der Waals surface area contributed by atoms with E-state index < -0.39 is 0 Å². The van der Waals surface area contributed by atoms with Crippen molar-refractivity contribution >= 4 is 0 Å². The minimum absolute atomic E-state index is 0.863. The SMILES string of the molecule is CCCCCCCCN(C)CCNC1CC1. The van der Waals surface area contributed by atoms with Crippen LogP contribution in [0.5, 0.6) is 0 Å². The lowest BCUT2D eigenvalue weighted by atomic mass is 10.1. The molecule has 0 aromatic rings. The zero-order valence-electron chi connectivity index (χ0n) is 11.3. The van der Waals surface area contributed by atoms with Crippen LogP contribution >= 0.6 is 0 Å². The highest BCUT2D eigenvalue weighted by atomic mass is 15.1. The van der Waals surface area contributed by atoms with Crippen LogP contribution in [0.15, 0.2) is 0 Å². The van der Waals surface area contributed by atoms with Gasteiger partial charge in [-0.3, -0.25) is 0 Å². The molecule has 0 unspecified atom stereocenters. The van der Waals surface area contributed by atoms with Gasteiger partial charge >= 0.3 is 0 Å². The van der Waals surface area contributed by atoms with Crippen LogP contribution < -0.4 is 5.32 Å². The molecule has 0 bridgehead atoms. The van der Waals surface area contributed by atoms with E-state index in [0.717, 1.165) is 6.04 Å². The maximum atomic E-state index is 3.56. The van der Waals surface area contributed by atoms with E-state index in [-0.39, 0.29) is 0 Å². The summed E-state index contributed by atoms with van der Waals surface area (Å²) in [5.41, 5.74) is 0. The van der Waals surface area contributed by atoms with Gasteiger partial charge in [0.2, 0.25) is 0 Å². The van der Waals surface area contributed by atoms with Gasteiger partial charge < -0.3 is 10.2 Å². The predicted molar refractivity (Wildman–Crippen MR) is 71.9 cm³/mol. The van der Waals surface area contributed by atoms with Gasteiger partial charge in [0.1, 0.15) is 0 Å². The second kappa shape index (κ2) is 9.00. The number of rotatable bonds is 11. The zero-order chi connectivity index (χ0) is 11.6. The standard InChI is InChI=1S/C14H30N2/c1-3-4-5-6-7-8-12-16(2)13-11-15-14-9-10-14/h14-15H,3-13H2,1-2H3. The molecule has 1 aliphatic rings. The second-order valence-electron chi connectivity index (χ2n) is 5.30. The van der Waals surface area contributed by atoms with E-state index >= 15 is 0 Å². The predicted octanol–water partition coefficient (Wildman–Crippen LogP) is 3.03. The molecule has 0 heterocycles. The van der Waals surface area contributed by atoms with Gasteiger partial charge in [-0.05, 0) is 32.9 Å². The molecule has 0 spiro atoms. The first-order valence-corrected chi connectivity index (χ1v) is 7.25. The van der Waals surface area contributed by atoms with Crippen LogP contribution in [-0.2, 0) is 0 Å². The van der Waals surface area contributed by atoms with Crippen molar-refractivity contribution in [1.82, 2.24) is 10.2 Å². The Bertz CT molecular complexity index is 155. The molecule has 96 valence electrons. The van der Waals surface area contributed by atoms with E-state index in [1.54, 1.807) is 0 Å². The highest BCUT2D eigenvalue weighted by molar-refractivity contribution is 4.80. The molecule has 2 heteroatoms. The number of nitrogens with zero attached hydrogens (tertiary/aromatic N) is 1. The molecular weight excluding hydrogens is 196 g/mol. The first-order valence-electron chi connectivity index (χ1n) is 7.25. The van der Waals surface area contributed by atoms with Crippen molar-refractivity contribution in [2.45, 2.75) is 64.3 Å². The average molecular weight is 226 g/mol. The third-order valence-electron chi connectivity index (χ3n) is 3.40. The number of nitrogens with one attached hydrogen (secondary N) is 1. The summed E-state index contributed by atoms with van der Waals surface area (Å²) in [5, 5.41) is 3.56. The number of hydrogen-bond acceptors (Lipinski definition) is 2. The van der Waals surface area contributed by atoms with Crippen molar-refractivity contribution in [2.24, 2.45) is 0 Å². The van der Waals surface area contributed by atoms with Crippen molar-refractivity contribution in [2.75, 3.05) is 26.7 Å². The van der Waals surface area contributed by atoms with E-state index in [1.807, 2.05) is 0 Å². The quantitative estimate of drug-likeness (QED) is 0.545. The molecule has 0 atom stereocenters. The summed E-state index contributed by atoms with van der Waals surface area (Å²) >= 11 is 0. The third kappa shape index (κ3) is 8.12. The second-order valence-corrected chi connectivity index (χ2v) is 5.30. The zero-order valence-corrected chi connectivity index (χ0v) is 11.3. The fourth-order valence-corrected chi connectivity index (χ4v) is 2.02. The van der Waals surface area contributed by atoms with Crippen molar-refractivity contribution in [3.8, 4) is 0 Å². The molecule has 0 radical (unpaired) electrons. The highest BCUT2D eigenvalue weighted by Gasteiger charge is 2.19. The normalized spacial score (nSPS) is 15.9. The molecule has 0 aromatic heterocycles. The monoisotopic (exact) mass is 226 g/mol. The summed E-state index contributed by atoms with van der Waals surface area (Å²) < 4.78 is 0. The fraction of sp³-hybridized carbons (Fsp3) is 1.00. The average Bonchev–Trinajstić information content (AvgIpc) is 3.07. The maximum absolute atomic E-state index is 3.56. The van der Waals surface area contributed by atoms with Gasteiger partial charge in [-0.1, -0.05) is 39.0 Å². The van der Waals surface area contributed by atoms with Gasteiger partial charge in [-0.15, -0.1) is 0 Å². The highest BCUT2D eigenvalue weighted by Crippen LogP contribution is 2.17. The Hall–Kier alpha value is -0.0800. The minimum Gasteiger partial charge on any atom is -0.313 e. The van der Waals surface area contributed by atoms with E-state index in [9.17, 15) is 0 Å². The Morgan fingerprint density at radius 3 is 2.38 bits per heavy atom. The van der Waals surface area contributed by atoms with Gasteiger partial charge in [0, 0.05) is 19.1 Å². The summed E-state index contributed by atoms with van der Waals surface area (Å²) in [6.45, 7) is 5.95. The molecule has 1 fully saturated rings. The summed E-state index contributed by atoms with van der Waals surface area (Å²) in [5.74, 6) is 0. The maximum Gasteiger partial charge on any atom is 0.0104 e. The van der Waals surface area contributed by atoms with Crippen molar-refractivity contribution in [3.05, 3.63) is 0 Å². The van der Waals surface area contributed by atoms with Gasteiger partial charge in [0.25, 0.3) is 0 Å². The van der Waals surface area contributed by atoms with Crippen LogP contribution in [-0.4, -0.2) is 37.6 Å². The lowest BCUT2D eigenvalue weighted by molar-refractivity contribution is 0.321. The molecule has 0 aromatic carbocycles. The first-order chi connectivity index (χ1) is 7.83. The van der Waals surface area contributed by atoms with Crippen LogP contribution in [0.1, 0.15) is 58.3 Å².